The zero-order valence-corrected chi connectivity index (χ0v) is 18.6. The monoisotopic (exact) mass is 477 g/mol. The van der Waals surface area contributed by atoms with Crippen LogP contribution in [0.3, 0.4) is 0 Å². The summed E-state index contributed by atoms with van der Waals surface area (Å²) in [5.74, 6) is 0.340. The van der Waals surface area contributed by atoms with Crippen molar-refractivity contribution in [1.29, 1.82) is 0 Å². The van der Waals surface area contributed by atoms with E-state index in [9.17, 15) is 18.0 Å². The molecule has 3 aromatic rings. The van der Waals surface area contributed by atoms with Crippen LogP contribution in [0.15, 0.2) is 53.7 Å². The first-order valence-electron chi connectivity index (χ1n) is 10.3. The van der Waals surface area contributed by atoms with Crippen LogP contribution in [0.5, 0.6) is 0 Å². The number of carbonyl (C=O) groups is 1. The van der Waals surface area contributed by atoms with Crippen LogP contribution in [0.25, 0.3) is 5.69 Å². The quantitative estimate of drug-likeness (QED) is 0.538. The van der Waals surface area contributed by atoms with Crippen molar-refractivity contribution in [1.82, 2.24) is 14.8 Å². The van der Waals surface area contributed by atoms with Crippen molar-refractivity contribution < 1.29 is 22.7 Å². The highest BCUT2D eigenvalue weighted by atomic mass is 32.2. The van der Waals surface area contributed by atoms with Crippen molar-refractivity contribution in [2.75, 3.05) is 42.3 Å². The zero-order chi connectivity index (χ0) is 23.4. The van der Waals surface area contributed by atoms with Gasteiger partial charge in [0, 0.05) is 18.8 Å². The Labute approximate surface area is 192 Å². The van der Waals surface area contributed by atoms with E-state index in [0.717, 1.165) is 23.4 Å². The minimum absolute atomic E-state index is 0.0220. The third-order valence-corrected chi connectivity index (χ3v) is 5.96. The largest absolute Gasteiger partial charge is 0.416 e. The Morgan fingerprint density at radius 3 is 2.36 bits per heavy atom. The Hall–Kier alpha value is -3.05. The van der Waals surface area contributed by atoms with Crippen LogP contribution in [-0.2, 0) is 15.7 Å². The molecule has 1 aromatic heterocycles. The van der Waals surface area contributed by atoms with Gasteiger partial charge >= 0.3 is 6.18 Å². The Bertz CT molecular complexity index is 1090. The second-order valence-corrected chi connectivity index (χ2v) is 8.41. The predicted molar refractivity (Wildman–Crippen MR) is 120 cm³/mol. The van der Waals surface area contributed by atoms with Crippen molar-refractivity contribution in [3.8, 4) is 5.69 Å². The number of alkyl halides is 3. The summed E-state index contributed by atoms with van der Waals surface area (Å²) in [5.41, 5.74) is 1.52. The summed E-state index contributed by atoms with van der Waals surface area (Å²) in [6.07, 6.45) is -4.42. The van der Waals surface area contributed by atoms with Gasteiger partial charge in [0.15, 0.2) is 5.16 Å². The number of rotatable bonds is 6. The van der Waals surface area contributed by atoms with E-state index in [-0.39, 0.29) is 11.7 Å². The highest BCUT2D eigenvalue weighted by molar-refractivity contribution is 7.99. The van der Waals surface area contributed by atoms with Crippen molar-refractivity contribution in [2.24, 2.45) is 0 Å². The van der Waals surface area contributed by atoms with Gasteiger partial charge in [0.1, 0.15) is 0 Å². The van der Waals surface area contributed by atoms with Gasteiger partial charge < -0.3 is 15.0 Å². The number of ether oxygens (including phenoxy) is 1. The summed E-state index contributed by atoms with van der Waals surface area (Å²) in [4.78, 5) is 14.5. The number of morpholine rings is 1. The smallest absolute Gasteiger partial charge is 0.378 e. The number of halogens is 3. The number of amides is 1. The molecule has 4 rings (SSSR count). The highest BCUT2D eigenvalue weighted by Crippen LogP contribution is 2.30. The first-order valence-corrected chi connectivity index (χ1v) is 11.2. The molecule has 0 spiro atoms. The molecule has 1 aliphatic rings. The average molecular weight is 478 g/mol. The summed E-state index contributed by atoms with van der Waals surface area (Å²) in [6.45, 7) is 4.56. The van der Waals surface area contributed by atoms with Gasteiger partial charge in [-0.15, -0.1) is 10.2 Å². The predicted octanol–water partition coefficient (Wildman–Crippen LogP) is 4.16. The molecule has 1 fully saturated rings. The number of carbonyl (C=O) groups excluding carboxylic acids is 1. The molecule has 2 aromatic carbocycles. The number of aromatic nitrogens is 3. The van der Waals surface area contributed by atoms with Crippen LogP contribution in [-0.4, -0.2) is 52.7 Å². The van der Waals surface area contributed by atoms with E-state index in [0.29, 0.717) is 43.1 Å². The van der Waals surface area contributed by atoms with E-state index in [4.69, 9.17) is 4.74 Å². The molecule has 1 amide bonds. The lowest BCUT2D eigenvalue weighted by atomic mass is 10.2. The summed E-state index contributed by atoms with van der Waals surface area (Å²) in [7, 11) is 0. The Balaban J connectivity index is 1.48. The van der Waals surface area contributed by atoms with Crippen LogP contribution in [0.4, 0.5) is 24.8 Å². The normalized spacial score (nSPS) is 14.4. The van der Waals surface area contributed by atoms with E-state index < -0.39 is 11.7 Å². The van der Waals surface area contributed by atoms with Crippen LogP contribution < -0.4 is 10.2 Å². The van der Waals surface area contributed by atoms with Crippen molar-refractivity contribution >= 4 is 29.3 Å². The lowest BCUT2D eigenvalue weighted by Crippen LogP contribution is -2.37. The number of anilines is 2. The van der Waals surface area contributed by atoms with Crippen LogP contribution >= 0.6 is 11.8 Å². The van der Waals surface area contributed by atoms with Gasteiger partial charge in [-0.2, -0.15) is 13.2 Å². The fourth-order valence-electron chi connectivity index (χ4n) is 3.31. The average Bonchev–Trinajstić information content (AvgIpc) is 3.22. The second-order valence-electron chi connectivity index (χ2n) is 7.46. The summed E-state index contributed by atoms with van der Waals surface area (Å²) >= 11 is 1.21. The molecule has 1 N–H and O–H groups in total. The maximum atomic E-state index is 12.7. The molecule has 7 nitrogen and oxygen atoms in total. The number of benzene rings is 2. The number of nitrogens with zero attached hydrogens (tertiary/aromatic N) is 4. The molecule has 11 heteroatoms. The van der Waals surface area contributed by atoms with Crippen LogP contribution in [0.1, 0.15) is 11.1 Å². The van der Waals surface area contributed by atoms with Crippen LogP contribution in [0, 0.1) is 6.92 Å². The van der Waals surface area contributed by atoms with Gasteiger partial charge in [0.05, 0.1) is 30.2 Å². The number of nitrogens with one attached hydrogen (secondary N) is 1. The minimum Gasteiger partial charge on any atom is -0.378 e. The third-order valence-electron chi connectivity index (χ3n) is 5.03. The molecular weight excluding hydrogens is 455 g/mol. The lowest BCUT2D eigenvalue weighted by Gasteiger charge is -2.27. The van der Waals surface area contributed by atoms with Gasteiger partial charge in [-0.25, -0.2) is 0 Å². The maximum Gasteiger partial charge on any atom is 0.416 e. The van der Waals surface area contributed by atoms with Crippen molar-refractivity contribution in [3.05, 3.63) is 59.7 Å². The van der Waals surface area contributed by atoms with Crippen molar-refractivity contribution in [2.45, 2.75) is 18.3 Å². The molecule has 0 radical (unpaired) electrons. The standard InChI is InChI=1S/C22H22F3N5O2S/c1-15-2-8-18(9-3-15)30-20(29-10-12-32-13-11-29)27-28-21(30)33-14-19(31)26-17-6-4-16(5-7-17)22(23,24)25/h2-9H,10-14H2,1H3,(H,26,31). The maximum absolute atomic E-state index is 12.7. The van der Waals surface area contributed by atoms with E-state index in [1.54, 1.807) is 0 Å². The molecule has 1 saturated heterocycles. The fourth-order valence-corrected chi connectivity index (χ4v) is 4.06. The fraction of sp³-hybridized carbons (Fsp3) is 0.318. The summed E-state index contributed by atoms with van der Waals surface area (Å²) < 4.78 is 45.5. The van der Waals surface area contributed by atoms with Gasteiger partial charge in [-0.3, -0.25) is 9.36 Å². The molecule has 0 unspecified atom stereocenters. The molecular formula is C22H22F3N5O2S. The lowest BCUT2D eigenvalue weighted by molar-refractivity contribution is -0.137. The molecule has 2 heterocycles. The van der Waals surface area contributed by atoms with E-state index in [1.807, 2.05) is 35.8 Å². The molecule has 33 heavy (non-hydrogen) atoms. The topological polar surface area (TPSA) is 72.3 Å². The SMILES string of the molecule is Cc1ccc(-n2c(SCC(=O)Nc3ccc(C(F)(F)F)cc3)nnc2N2CCOCC2)cc1. The Kier molecular flexibility index (Phi) is 6.89. The highest BCUT2D eigenvalue weighted by Gasteiger charge is 2.30. The van der Waals surface area contributed by atoms with Crippen LogP contribution in [0.2, 0.25) is 0 Å². The Morgan fingerprint density at radius 2 is 1.73 bits per heavy atom. The number of thioether (sulfide) groups is 1. The minimum atomic E-state index is -4.42. The second kappa shape index (κ2) is 9.84. The van der Waals surface area contributed by atoms with Gasteiger partial charge in [-0.1, -0.05) is 29.5 Å². The summed E-state index contributed by atoms with van der Waals surface area (Å²) in [5, 5.41) is 11.8. The molecule has 0 bridgehead atoms. The molecule has 0 saturated carbocycles. The molecule has 0 atom stereocenters. The number of aryl methyl sites for hydroxylation is 1. The van der Waals surface area contributed by atoms with Crippen molar-refractivity contribution in [3.63, 3.8) is 0 Å². The Morgan fingerprint density at radius 1 is 1.06 bits per heavy atom. The van der Waals surface area contributed by atoms with Gasteiger partial charge in [-0.05, 0) is 43.3 Å². The summed E-state index contributed by atoms with van der Waals surface area (Å²) in [6, 6.07) is 12.3. The van der Waals surface area contributed by atoms with Gasteiger partial charge in [0.25, 0.3) is 0 Å². The third kappa shape index (κ3) is 5.66. The number of hydrogen-bond donors (Lipinski definition) is 1. The molecule has 1 aliphatic heterocycles. The zero-order valence-electron chi connectivity index (χ0n) is 17.8. The van der Waals surface area contributed by atoms with E-state index in [1.165, 1.54) is 23.9 Å². The first-order chi connectivity index (χ1) is 15.8. The molecule has 0 aliphatic carbocycles. The van der Waals surface area contributed by atoms with E-state index in [2.05, 4.69) is 20.4 Å². The van der Waals surface area contributed by atoms with E-state index >= 15 is 0 Å². The first kappa shape index (κ1) is 23.1. The van der Waals surface area contributed by atoms with Gasteiger partial charge in [0.2, 0.25) is 11.9 Å². The number of hydrogen-bond acceptors (Lipinski definition) is 6. The molecule has 174 valence electrons.